The summed E-state index contributed by atoms with van der Waals surface area (Å²) in [5.41, 5.74) is 2.02. The summed E-state index contributed by atoms with van der Waals surface area (Å²) in [5.74, 6) is -1.47. The van der Waals surface area contributed by atoms with E-state index in [1.807, 2.05) is 0 Å². The van der Waals surface area contributed by atoms with Gasteiger partial charge in [0.15, 0.2) is 5.65 Å². The minimum Gasteiger partial charge on any atom is -0.268 e. The van der Waals surface area contributed by atoms with Gasteiger partial charge in [-0.15, -0.1) is 0 Å². The number of imide groups is 1. The maximum absolute atomic E-state index is 13.4. The van der Waals surface area contributed by atoms with Crippen LogP contribution in [0.1, 0.15) is 20.7 Å². The molecule has 9 heteroatoms. The Morgan fingerprint density at radius 2 is 1.73 bits per heavy atom. The second-order valence-electron chi connectivity index (χ2n) is 6.77. The number of benzene rings is 2. The Kier molecular flexibility index (Phi) is 4.13. The van der Waals surface area contributed by atoms with E-state index in [1.54, 1.807) is 25.2 Å². The zero-order chi connectivity index (χ0) is 21.2. The van der Waals surface area contributed by atoms with Gasteiger partial charge in [-0.1, -0.05) is 23.2 Å². The first kappa shape index (κ1) is 18.7. The SMILES string of the molecule is Cn1nc(-c2ccc(F)cc2)c2c3c(cnc21)C(=O)N(c1ccc(Cl)cc1Cl)C3=O. The third kappa shape index (κ3) is 2.63. The Morgan fingerprint density at radius 3 is 2.43 bits per heavy atom. The molecule has 6 nitrogen and oxygen atoms in total. The number of halogens is 3. The first-order chi connectivity index (χ1) is 14.4. The van der Waals surface area contributed by atoms with Crippen molar-refractivity contribution in [1.29, 1.82) is 0 Å². The molecule has 0 unspecified atom stereocenters. The highest BCUT2D eigenvalue weighted by atomic mass is 35.5. The van der Waals surface area contributed by atoms with Gasteiger partial charge in [0.1, 0.15) is 11.5 Å². The standard InChI is InChI=1S/C21H11Cl2FN4O2/c1-27-19-17(18(26-27)10-2-5-12(24)6-3-10)16-13(9-25-19)20(29)28(21(16)30)15-7-4-11(22)8-14(15)23/h2-9H,1H3. The van der Waals surface area contributed by atoms with Gasteiger partial charge in [-0.25, -0.2) is 19.0 Å². The lowest BCUT2D eigenvalue weighted by molar-refractivity contribution is 0.0926. The Bertz CT molecular complexity index is 1380. The maximum Gasteiger partial charge on any atom is 0.267 e. The van der Waals surface area contributed by atoms with E-state index in [0.29, 0.717) is 27.3 Å². The van der Waals surface area contributed by atoms with Crippen molar-refractivity contribution >= 4 is 51.7 Å². The zero-order valence-corrected chi connectivity index (χ0v) is 16.9. The molecule has 2 amide bonds. The Labute approximate surface area is 179 Å². The molecule has 0 saturated heterocycles. The van der Waals surface area contributed by atoms with E-state index < -0.39 is 17.6 Å². The van der Waals surface area contributed by atoms with Gasteiger partial charge in [0, 0.05) is 23.8 Å². The first-order valence-corrected chi connectivity index (χ1v) is 9.58. The highest BCUT2D eigenvalue weighted by Crippen LogP contribution is 2.39. The summed E-state index contributed by atoms with van der Waals surface area (Å²) in [5, 5.41) is 5.44. The number of carbonyl (C=O) groups excluding carboxylic acids is 2. The second kappa shape index (κ2) is 6.62. The van der Waals surface area contributed by atoms with Gasteiger partial charge in [-0.3, -0.25) is 9.59 Å². The van der Waals surface area contributed by atoms with Crippen molar-refractivity contribution < 1.29 is 14.0 Å². The van der Waals surface area contributed by atoms with Crippen molar-refractivity contribution in [3.63, 3.8) is 0 Å². The third-order valence-electron chi connectivity index (χ3n) is 4.97. The van der Waals surface area contributed by atoms with Crippen LogP contribution in [0.2, 0.25) is 10.0 Å². The third-order valence-corrected chi connectivity index (χ3v) is 5.51. The van der Waals surface area contributed by atoms with Crippen LogP contribution in [0.3, 0.4) is 0 Å². The number of hydrogen-bond donors (Lipinski definition) is 0. The molecule has 0 radical (unpaired) electrons. The molecule has 2 aromatic heterocycles. The molecule has 0 atom stereocenters. The van der Waals surface area contributed by atoms with Crippen LogP contribution in [-0.4, -0.2) is 26.6 Å². The number of aryl methyl sites for hydroxylation is 1. The van der Waals surface area contributed by atoms with Crippen LogP contribution in [-0.2, 0) is 7.05 Å². The summed E-state index contributed by atoms with van der Waals surface area (Å²) in [6.45, 7) is 0. The normalized spacial score (nSPS) is 13.4. The van der Waals surface area contributed by atoms with Crippen LogP contribution < -0.4 is 4.90 Å². The van der Waals surface area contributed by atoms with E-state index in [4.69, 9.17) is 23.2 Å². The molecule has 4 aromatic rings. The summed E-state index contributed by atoms with van der Waals surface area (Å²) in [7, 11) is 1.68. The fourth-order valence-corrected chi connectivity index (χ4v) is 4.11. The number of rotatable bonds is 2. The van der Waals surface area contributed by atoms with Crippen molar-refractivity contribution in [2.75, 3.05) is 4.90 Å². The van der Waals surface area contributed by atoms with Crippen molar-refractivity contribution in [3.05, 3.63) is 75.7 Å². The molecule has 1 aliphatic heterocycles. The highest BCUT2D eigenvalue weighted by molar-refractivity contribution is 6.42. The molecule has 0 saturated carbocycles. The smallest absolute Gasteiger partial charge is 0.267 e. The minimum absolute atomic E-state index is 0.148. The van der Waals surface area contributed by atoms with Crippen LogP contribution in [0.25, 0.3) is 22.3 Å². The average molecular weight is 441 g/mol. The topological polar surface area (TPSA) is 68.1 Å². The largest absolute Gasteiger partial charge is 0.268 e. The van der Waals surface area contributed by atoms with E-state index in [2.05, 4.69) is 10.1 Å². The van der Waals surface area contributed by atoms with Crippen LogP contribution in [0.4, 0.5) is 10.1 Å². The number of carbonyl (C=O) groups is 2. The fraction of sp³-hybridized carbons (Fsp3) is 0.0476. The Balaban J connectivity index is 1.76. The molecule has 0 N–H and O–H groups in total. The molecule has 0 spiro atoms. The Morgan fingerprint density at radius 1 is 1.00 bits per heavy atom. The molecule has 2 aromatic carbocycles. The van der Waals surface area contributed by atoms with Crippen LogP contribution >= 0.6 is 23.2 Å². The number of fused-ring (bicyclic) bond motifs is 3. The molecule has 3 heterocycles. The van der Waals surface area contributed by atoms with Gasteiger partial charge in [-0.05, 0) is 42.5 Å². The number of nitrogens with zero attached hydrogens (tertiary/aromatic N) is 4. The van der Waals surface area contributed by atoms with Crippen molar-refractivity contribution in [1.82, 2.24) is 14.8 Å². The average Bonchev–Trinajstić information content (AvgIpc) is 3.18. The van der Waals surface area contributed by atoms with E-state index in [1.165, 1.54) is 35.1 Å². The van der Waals surface area contributed by atoms with Crippen LogP contribution in [0.5, 0.6) is 0 Å². The lowest BCUT2D eigenvalue weighted by atomic mass is 10.0. The summed E-state index contributed by atoms with van der Waals surface area (Å²) in [6, 6.07) is 10.3. The molecular formula is C21H11Cl2FN4O2. The number of amides is 2. The number of pyridine rings is 1. The van der Waals surface area contributed by atoms with Crippen LogP contribution in [0.15, 0.2) is 48.7 Å². The van der Waals surface area contributed by atoms with E-state index in [0.717, 1.165) is 4.90 Å². The molecule has 30 heavy (non-hydrogen) atoms. The Hall–Kier alpha value is -3.29. The van der Waals surface area contributed by atoms with Gasteiger partial charge in [-0.2, -0.15) is 5.10 Å². The van der Waals surface area contributed by atoms with Crippen LogP contribution in [0, 0.1) is 5.82 Å². The summed E-state index contributed by atoms with van der Waals surface area (Å²) >= 11 is 12.2. The fourth-order valence-electron chi connectivity index (χ4n) is 3.62. The maximum atomic E-state index is 13.4. The van der Waals surface area contributed by atoms with Crippen molar-refractivity contribution in [3.8, 4) is 11.3 Å². The lowest BCUT2D eigenvalue weighted by Crippen LogP contribution is -2.29. The summed E-state index contributed by atoms with van der Waals surface area (Å²) in [6.07, 6.45) is 1.36. The van der Waals surface area contributed by atoms with Gasteiger partial charge in [0.25, 0.3) is 11.8 Å². The molecule has 148 valence electrons. The van der Waals surface area contributed by atoms with Gasteiger partial charge < -0.3 is 0 Å². The summed E-state index contributed by atoms with van der Waals surface area (Å²) < 4.78 is 14.9. The van der Waals surface area contributed by atoms with Gasteiger partial charge >= 0.3 is 0 Å². The summed E-state index contributed by atoms with van der Waals surface area (Å²) in [4.78, 5) is 31.8. The van der Waals surface area contributed by atoms with E-state index in [-0.39, 0.29) is 21.8 Å². The zero-order valence-electron chi connectivity index (χ0n) is 15.4. The minimum atomic E-state index is -0.539. The molecule has 1 aliphatic rings. The van der Waals surface area contributed by atoms with E-state index in [9.17, 15) is 14.0 Å². The molecule has 0 bridgehead atoms. The first-order valence-electron chi connectivity index (χ1n) is 8.82. The van der Waals surface area contributed by atoms with Gasteiger partial charge in [0.05, 0.1) is 27.2 Å². The monoisotopic (exact) mass is 440 g/mol. The number of anilines is 1. The second-order valence-corrected chi connectivity index (χ2v) is 7.61. The quantitative estimate of drug-likeness (QED) is 0.416. The molecule has 0 aliphatic carbocycles. The van der Waals surface area contributed by atoms with Crippen molar-refractivity contribution in [2.24, 2.45) is 7.05 Å². The predicted molar refractivity (Wildman–Crippen MR) is 112 cm³/mol. The molecule has 0 fully saturated rings. The lowest BCUT2D eigenvalue weighted by Gasteiger charge is -2.15. The van der Waals surface area contributed by atoms with E-state index >= 15 is 0 Å². The molecule has 5 rings (SSSR count). The van der Waals surface area contributed by atoms with Gasteiger partial charge in [0.2, 0.25) is 0 Å². The highest BCUT2D eigenvalue weighted by Gasteiger charge is 2.41. The predicted octanol–water partition coefficient (Wildman–Crippen LogP) is 4.88. The van der Waals surface area contributed by atoms with Crippen molar-refractivity contribution in [2.45, 2.75) is 0 Å². The number of hydrogen-bond acceptors (Lipinski definition) is 4. The number of aromatic nitrogens is 3. The molecular weight excluding hydrogens is 430 g/mol.